The van der Waals surface area contributed by atoms with Gasteiger partial charge in [0.2, 0.25) is 0 Å². The maximum absolute atomic E-state index is 12.1. The van der Waals surface area contributed by atoms with E-state index in [-0.39, 0.29) is 11.5 Å². The van der Waals surface area contributed by atoms with Gasteiger partial charge in [0.15, 0.2) is 0 Å². The summed E-state index contributed by atoms with van der Waals surface area (Å²) in [6.45, 7) is 3.13. The average molecular weight is 364 g/mol. The number of rotatable bonds is 10. The van der Waals surface area contributed by atoms with Gasteiger partial charge in [0.25, 0.3) is 10.1 Å². The molecule has 0 unspecified atom stereocenters. The van der Waals surface area contributed by atoms with E-state index < -0.39 is 10.1 Å². The fourth-order valence-electron chi connectivity index (χ4n) is 2.21. The van der Waals surface area contributed by atoms with Crippen LogP contribution < -0.4 is 4.74 Å². The zero-order valence-corrected chi connectivity index (χ0v) is 15.4. The topological polar surface area (TPSA) is 61.8 Å². The smallest absolute Gasteiger partial charge is 0.296 e. The maximum Gasteiger partial charge on any atom is 0.296 e. The van der Waals surface area contributed by atoms with Gasteiger partial charge >= 0.3 is 0 Å². The Bertz CT molecular complexity index is 736. The first-order valence-corrected chi connectivity index (χ1v) is 9.59. The van der Waals surface area contributed by atoms with Crippen LogP contribution in [-0.4, -0.2) is 35.3 Å². The Balaban J connectivity index is 1.76. The molecule has 0 bridgehead atoms. The summed E-state index contributed by atoms with van der Waals surface area (Å²) in [5.74, 6) is 0.791. The first-order valence-electron chi connectivity index (χ1n) is 8.18. The van der Waals surface area contributed by atoms with Crippen LogP contribution in [0.25, 0.3) is 0 Å². The molecular weight excluding hydrogens is 340 g/mol. The second kappa shape index (κ2) is 9.56. The van der Waals surface area contributed by atoms with Crippen LogP contribution in [0.1, 0.15) is 17.5 Å². The minimum atomic E-state index is -3.68. The van der Waals surface area contributed by atoms with Crippen molar-refractivity contribution < 1.29 is 22.1 Å². The zero-order chi connectivity index (χ0) is 18.1. The van der Waals surface area contributed by atoms with E-state index in [9.17, 15) is 8.42 Å². The molecule has 0 atom stereocenters. The Kier molecular flexibility index (Phi) is 7.43. The predicted octanol–water partition coefficient (Wildman–Crippen LogP) is 3.36. The molecule has 2 aromatic rings. The quantitative estimate of drug-likeness (QED) is 0.478. The van der Waals surface area contributed by atoms with Crippen LogP contribution in [0.2, 0.25) is 0 Å². The van der Waals surface area contributed by atoms with Crippen molar-refractivity contribution in [2.24, 2.45) is 0 Å². The number of benzene rings is 2. The van der Waals surface area contributed by atoms with Crippen molar-refractivity contribution in [3.05, 3.63) is 59.7 Å². The lowest BCUT2D eigenvalue weighted by atomic mass is 10.1. The molecule has 0 spiro atoms. The van der Waals surface area contributed by atoms with E-state index in [1.807, 2.05) is 31.2 Å². The van der Waals surface area contributed by atoms with E-state index in [1.54, 1.807) is 31.4 Å². The van der Waals surface area contributed by atoms with Crippen LogP contribution in [0.15, 0.2) is 53.4 Å². The molecule has 136 valence electrons. The highest BCUT2D eigenvalue weighted by molar-refractivity contribution is 7.86. The van der Waals surface area contributed by atoms with Gasteiger partial charge in [-0.3, -0.25) is 4.18 Å². The van der Waals surface area contributed by atoms with Gasteiger partial charge < -0.3 is 9.47 Å². The summed E-state index contributed by atoms with van der Waals surface area (Å²) in [7, 11) is -2.05. The Morgan fingerprint density at radius 3 is 2.20 bits per heavy atom. The van der Waals surface area contributed by atoms with Crippen LogP contribution in [0.5, 0.6) is 5.75 Å². The Hall–Kier alpha value is -1.89. The number of hydrogen-bond donors (Lipinski definition) is 0. The van der Waals surface area contributed by atoms with Gasteiger partial charge in [-0.2, -0.15) is 8.42 Å². The predicted molar refractivity (Wildman–Crippen MR) is 96.5 cm³/mol. The highest BCUT2D eigenvalue weighted by Gasteiger charge is 2.14. The molecule has 0 saturated carbocycles. The second-order valence-electron chi connectivity index (χ2n) is 5.68. The molecule has 25 heavy (non-hydrogen) atoms. The number of methoxy groups -OCH3 is 1. The van der Waals surface area contributed by atoms with E-state index in [0.717, 1.165) is 23.3 Å². The highest BCUT2D eigenvalue weighted by Crippen LogP contribution is 2.15. The molecule has 0 saturated heterocycles. The van der Waals surface area contributed by atoms with E-state index in [1.165, 1.54) is 0 Å². The van der Waals surface area contributed by atoms with Crippen LogP contribution in [0, 0.1) is 6.92 Å². The lowest BCUT2D eigenvalue weighted by Gasteiger charge is -2.08. The molecule has 0 N–H and O–H groups in total. The first kappa shape index (κ1) is 19.4. The average Bonchev–Trinajstić information content (AvgIpc) is 2.61. The molecule has 0 radical (unpaired) electrons. The maximum atomic E-state index is 12.1. The van der Waals surface area contributed by atoms with Crippen molar-refractivity contribution in [3.63, 3.8) is 0 Å². The summed E-state index contributed by atoms with van der Waals surface area (Å²) in [5.41, 5.74) is 2.11. The first-order chi connectivity index (χ1) is 12.0. The monoisotopic (exact) mass is 364 g/mol. The summed E-state index contributed by atoms with van der Waals surface area (Å²) >= 11 is 0. The van der Waals surface area contributed by atoms with Crippen molar-refractivity contribution in [2.75, 3.05) is 26.9 Å². The van der Waals surface area contributed by atoms with Crippen LogP contribution in [0.3, 0.4) is 0 Å². The second-order valence-corrected chi connectivity index (χ2v) is 7.29. The van der Waals surface area contributed by atoms with Crippen molar-refractivity contribution in [1.29, 1.82) is 0 Å². The Morgan fingerprint density at radius 2 is 1.56 bits per heavy atom. The highest BCUT2D eigenvalue weighted by atomic mass is 32.2. The molecule has 0 fully saturated rings. The fraction of sp³-hybridized carbons (Fsp3) is 0.368. The van der Waals surface area contributed by atoms with E-state index in [4.69, 9.17) is 13.7 Å². The number of aryl methyl sites for hydroxylation is 2. The van der Waals surface area contributed by atoms with Crippen LogP contribution >= 0.6 is 0 Å². The standard InChI is InChI=1S/C19H24O5S/c1-16-5-11-19(12-6-16)25(20,21)24-13-3-4-17-7-9-18(10-8-17)23-15-14-22-2/h5-12H,3-4,13-15H2,1-2H3. The molecular formula is C19H24O5S. The number of ether oxygens (including phenoxy) is 2. The minimum Gasteiger partial charge on any atom is -0.491 e. The van der Waals surface area contributed by atoms with E-state index in [0.29, 0.717) is 19.6 Å². The molecule has 5 nitrogen and oxygen atoms in total. The van der Waals surface area contributed by atoms with Crippen molar-refractivity contribution >= 4 is 10.1 Å². The van der Waals surface area contributed by atoms with Crippen molar-refractivity contribution in [2.45, 2.75) is 24.7 Å². The molecule has 2 rings (SSSR count). The van der Waals surface area contributed by atoms with E-state index in [2.05, 4.69) is 0 Å². The summed E-state index contributed by atoms with van der Waals surface area (Å²) in [6.07, 6.45) is 1.36. The number of hydrogen-bond acceptors (Lipinski definition) is 5. The van der Waals surface area contributed by atoms with Gasteiger partial charge in [-0.15, -0.1) is 0 Å². The van der Waals surface area contributed by atoms with Crippen molar-refractivity contribution in [3.8, 4) is 5.75 Å². The third-order valence-electron chi connectivity index (χ3n) is 3.64. The molecule has 0 aromatic heterocycles. The van der Waals surface area contributed by atoms with Crippen molar-refractivity contribution in [1.82, 2.24) is 0 Å². The molecule has 0 heterocycles. The zero-order valence-electron chi connectivity index (χ0n) is 14.6. The van der Waals surface area contributed by atoms with Crippen LogP contribution in [-0.2, 0) is 25.5 Å². The third kappa shape index (κ3) is 6.49. The van der Waals surface area contributed by atoms with E-state index >= 15 is 0 Å². The van der Waals surface area contributed by atoms with Gasteiger partial charge in [-0.05, 0) is 49.6 Å². The normalized spacial score (nSPS) is 11.4. The van der Waals surface area contributed by atoms with Gasteiger partial charge in [-0.25, -0.2) is 0 Å². The minimum absolute atomic E-state index is 0.155. The molecule has 6 heteroatoms. The molecule has 0 amide bonds. The lowest BCUT2D eigenvalue weighted by molar-refractivity contribution is 0.146. The Labute approximate surface area is 149 Å². The lowest BCUT2D eigenvalue weighted by Crippen LogP contribution is -2.08. The summed E-state index contributed by atoms with van der Waals surface area (Å²) in [6, 6.07) is 14.4. The summed E-state index contributed by atoms with van der Waals surface area (Å²) in [4.78, 5) is 0.190. The fourth-order valence-corrected chi connectivity index (χ4v) is 3.16. The molecule has 0 aliphatic rings. The molecule has 0 aliphatic carbocycles. The third-order valence-corrected chi connectivity index (χ3v) is 4.96. The summed E-state index contributed by atoms with van der Waals surface area (Å²) in [5, 5.41) is 0. The van der Waals surface area contributed by atoms with Crippen LogP contribution in [0.4, 0.5) is 0 Å². The van der Waals surface area contributed by atoms with Gasteiger partial charge in [-0.1, -0.05) is 29.8 Å². The van der Waals surface area contributed by atoms with Gasteiger partial charge in [0.05, 0.1) is 18.1 Å². The Morgan fingerprint density at radius 1 is 0.880 bits per heavy atom. The summed E-state index contributed by atoms with van der Waals surface area (Å²) < 4.78 is 39.7. The molecule has 2 aromatic carbocycles. The molecule has 0 aliphatic heterocycles. The van der Waals surface area contributed by atoms with Gasteiger partial charge in [0, 0.05) is 7.11 Å². The van der Waals surface area contributed by atoms with Gasteiger partial charge in [0.1, 0.15) is 12.4 Å². The largest absolute Gasteiger partial charge is 0.491 e. The SMILES string of the molecule is COCCOc1ccc(CCCOS(=O)(=O)c2ccc(C)cc2)cc1.